The highest BCUT2D eigenvalue weighted by Crippen LogP contribution is 2.22. The van der Waals surface area contributed by atoms with E-state index in [9.17, 15) is 9.59 Å². The van der Waals surface area contributed by atoms with Gasteiger partial charge in [0, 0.05) is 29.8 Å². The van der Waals surface area contributed by atoms with E-state index in [1.54, 1.807) is 11.3 Å². The van der Waals surface area contributed by atoms with Crippen LogP contribution in [-0.2, 0) is 24.1 Å². The van der Waals surface area contributed by atoms with Crippen molar-refractivity contribution in [3.63, 3.8) is 0 Å². The normalized spacial score (nSPS) is 13.3. The van der Waals surface area contributed by atoms with E-state index in [1.807, 2.05) is 23.6 Å². The zero-order valence-corrected chi connectivity index (χ0v) is 14.7. The van der Waals surface area contributed by atoms with Gasteiger partial charge in [-0.2, -0.15) is 0 Å². The van der Waals surface area contributed by atoms with Gasteiger partial charge in [-0.15, -0.1) is 11.3 Å². The summed E-state index contributed by atoms with van der Waals surface area (Å²) in [5.41, 5.74) is 3.44. The number of Topliss-reactive ketones (excluding diaryl/α,β-unsaturated/α-hetero) is 1. The molecule has 0 atom stereocenters. The van der Waals surface area contributed by atoms with Crippen LogP contribution in [-0.4, -0.2) is 18.2 Å². The van der Waals surface area contributed by atoms with Gasteiger partial charge in [-0.25, -0.2) is 0 Å². The highest BCUT2D eigenvalue weighted by molar-refractivity contribution is 7.09. The van der Waals surface area contributed by atoms with Gasteiger partial charge >= 0.3 is 0 Å². The van der Waals surface area contributed by atoms with Gasteiger partial charge in [0.25, 0.3) is 0 Å². The number of nitrogens with one attached hydrogen (secondary N) is 1. The minimum Gasteiger partial charge on any atom is -0.356 e. The van der Waals surface area contributed by atoms with E-state index in [1.165, 1.54) is 28.8 Å². The third-order valence-electron chi connectivity index (χ3n) is 4.52. The molecule has 0 bridgehead atoms. The molecule has 24 heavy (non-hydrogen) atoms. The highest BCUT2D eigenvalue weighted by atomic mass is 32.1. The summed E-state index contributed by atoms with van der Waals surface area (Å²) >= 11 is 1.70. The molecule has 0 unspecified atom stereocenters. The molecule has 1 N–H and O–H groups in total. The number of hydrogen-bond acceptors (Lipinski definition) is 3. The van der Waals surface area contributed by atoms with Crippen LogP contribution < -0.4 is 5.32 Å². The van der Waals surface area contributed by atoms with E-state index >= 15 is 0 Å². The Bertz CT molecular complexity index is 706. The maximum atomic E-state index is 12.3. The molecule has 1 aromatic carbocycles. The molecule has 0 saturated heterocycles. The average molecular weight is 341 g/mol. The minimum atomic E-state index is -0.0436. The zero-order valence-electron chi connectivity index (χ0n) is 13.8. The molecule has 2 aromatic rings. The minimum absolute atomic E-state index is 0.0436. The van der Waals surface area contributed by atoms with Gasteiger partial charge in [0.2, 0.25) is 5.91 Å². The number of aryl methyl sites for hydroxylation is 2. The van der Waals surface area contributed by atoms with Crippen molar-refractivity contribution in [2.24, 2.45) is 0 Å². The number of thiophene rings is 1. The molecular weight excluding hydrogens is 318 g/mol. The van der Waals surface area contributed by atoms with E-state index in [0.717, 1.165) is 24.8 Å². The Morgan fingerprint density at radius 1 is 1.04 bits per heavy atom. The van der Waals surface area contributed by atoms with Crippen molar-refractivity contribution in [2.45, 2.75) is 44.9 Å². The second kappa shape index (κ2) is 8.25. The SMILES string of the molecule is O=C(CCC(=O)c1ccc2c(c1)CCCC2)NCCc1cccs1. The summed E-state index contributed by atoms with van der Waals surface area (Å²) in [6.45, 7) is 0.631. The molecule has 0 radical (unpaired) electrons. The first kappa shape index (κ1) is 16.9. The molecule has 1 aliphatic rings. The summed E-state index contributed by atoms with van der Waals surface area (Å²) in [6, 6.07) is 10.1. The standard InChI is InChI=1S/C20H23NO2S/c22-19(17-8-7-15-4-1-2-5-16(15)14-17)9-10-20(23)21-12-11-18-6-3-13-24-18/h3,6-8,13-14H,1-2,4-5,9-12H2,(H,21,23). The van der Waals surface area contributed by atoms with Crippen molar-refractivity contribution in [3.05, 3.63) is 57.3 Å². The van der Waals surface area contributed by atoms with Gasteiger partial charge in [-0.3, -0.25) is 9.59 Å². The molecule has 0 aliphatic heterocycles. The topological polar surface area (TPSA) is 46.2 Å². The summed E-state index contributed by atoms with van der Waals surface area (Å²) in [4.78, 5) is 25.5. The number of amides is 1. The smallest absolute Gasteiger partial charge is 0.220 e. The van der Waals surface area contributed by atoms with E-state index in [0.29, 0.717) is 6.54 Å². The van der Waals surface area contributed by atoms with Crippen LogP contribution in [0, 0.1) is 0 Å². The maximum Gasteiger partial charge on any atom is 0.220 e. The van der Waals surface area contributed by atoms with E-state index < -0.39 is 0 Å². The van der Waals surface area contributed by atoms with E-state index in [2.05, 4.69) is 17.4 Å². The number of benzene rings is 1. The van der Waals surface area contributed by atoms with Gasteiger partial charge in [0.05, 0.1) is 0 Å². The number of ketones is 1. The van der Waals surface area contributed by atoms with Crippen LogP contribution >= 0.6 is 11.3 Å². The molecule has 0 spiro atoms. The van der Waals surface area contributed by atoms with Crippen LogP contribution in [0.15, 0.2) is 35.7 Å². The molecule has 4 heteroatoms. The molecule has 3 rings (SSSR count). The zero-order chi connectivity index (χ0) is 16.8. The fraction of sp³-hybridized carbons (Fsp3) is 0.400. The molecule has 3 nitrogen and oxygen atoms in total. The lowest BCUT2D eigenvalue weighted by Crippen LogP contribution is -2.25. The first-order chi connectivity index (χ1) is 11.7. The second-order valence-corrected chi connectivity index (χ2v) is 7.33. The quantitative estimate of drug-likeness (QED) is 0.775. The van der Waals surface area contributed by atoms with Crippen molar-refractivity contribution >= 4 is 23.0 Å². The molecule has 0 fully saturated rings. The summed E-state index contributed by atoms with van der Waals surface area (Å²) in [5.74, 6) is 0.0228. The van der Waals surface area contributed by atoms with Crippen LogP contribution in [0.5, 0.6) is 0 Å². The number of carbonyl (C=O) groups is 2. The molecule has 1 aliphatic carbocycles. The number of hydrogen-bond donors (Lipinski definition) is 1. The summed E-state index contributed by atoms with van der Waals surface area (Å²) in [5, 5.41) is 4.93. The Morgan fingerprint density at radius 2 is 1.88 bits per heavy atom. The molecule has 126 valence electrons. The van der Waals surface area contributed by atoms with Gasteiger partial charge in [0.1, 0.15) is 0 Å². The average Bonchev–Trinajstić information content (AvgIpc) is 3.12. The Balaban J connectivity index is 1.44. The summed E-state index contributed by atoms with van der Waals surface area (Å²) in [6.07, 6.45) is 6.03. The second-order valence-electron chi connectivity index (χ2n) is 6.29. The van der Waals surface area contributed by atoms with Crippen molar-refractivity contribution < 1.29 is 9.59 Å². The first-order valence-electron chi connectivity index (χ1n) is 8.66. The summed E-state index contributed by atoms with van der Waals surface area (Å²) < 4.78 is 0. The van der Waals surface area contributed by atoms with Gasteiger partial charge < -0.3 is 5.32 Å². The predicted molar refractivity (Wildman–Crippen MR) is 97.7 cm³/mol. The van der Waals surface area contributed by atoms with Gasteiger partial charge in [-0.1, -0.05) is 18.2 Å². The molecule has 1 amide bonds. The van der Waals surface area contributed by atoms with Crippen LogP contribution in [0.2, 0.25) is 0 Å². The molecule has 0 saturated carbocycles. The summed E-state index contributed by atoms with van der Waals surface area (Å²) in [7, 11) is 0. The predicted octanol–water partition coefficient (Wildman–Crippen LogP) is 3.95. The van der Waals surface area contributed by atoms with Gasteiger partial charge in [0.15, 0.2) is 5.78 Å². The lowest BCUT2D eigenvalue weighted by molar-refractivity contribution is -0.121. The Morgan fingerprint density at radius 3 is 2.67 bits per heavy atom. The van der Waals surface area contributed by atoms with Crippen molar-refractivity contribution in [3.8, 4) is 0 Å². The van der Waals surface area contributed by atoms with Crippen LogP contribution in [0.1, 0.15) is 52.0 Å². The van der Waals surface area contributed by atoms with Crippen LogP contribution in [0.4, 0.5) is 0 Å². The number of fused-ring (bicyclic) bond motifs is 1. The number of carbonyl (C=O) groups excluding carboxylic acids is 2. The Hall–Kier alpha value is -1.94. The largest absolute Gasteiger partial charge is 0.356 e. The molecular formula is C20H23NO2S. The monoisotopic (exact) mass is 341 g/mol. The lowest BCUT2D eigenvalue weighted by Gasteiger charge is -2.16. The first-order valence-corrected chi connectivity index (χ1v) is 9.54. The van der Waals surface area contributed by atoms with E-state index in [-0.39, 0.29) is 24.5 Å². The van der Waals surface area contributed by atoms with Crippen LogP contribution in [0.3, 0.4) is 0 Å². The lowest BCUT2D eigenvalue weighted by atomic mass is 9.89. The Kier molecular flexibility index (Phi) is 5.81. The fourth-order valence-corrected chi connectivity index (χ4v) is 3.86. The van der Waals surface area contributed by atoms with Crippen molar-refractivity contribution in [1.29, 1.82) is 0 Å². The Labute approximate surface area is 147 Å². The highest BCUT2D eigenvalue weighted by Gasteiger charge is 2.14. The van der Waals surface area contributed by atoms with Crippen LogP contribution in [0.25, 0.3) is 0 Å². The molecule has 1 heterocycles. The third-order valence-corrected chi connectivity index (χ3v) is 5.46. The van der Waals surface area contributed by atoms with Crippen molar-refractivity contribution in [2.75, 3.05) is 6.54 Å². The van der Waals surface area contributed by atoms with Gasteiger partial charge in [-0.05, 0) is 60.7 Å². The third kappa shape index (κ3) is 4.54. The number of rotatable bonds is 7. The molecule has 1 aromatic heterocycles. The fourth-order valence-electron chi connectivity index (χ4n) is 3.15. The van der Waals surface area contributed by atoms with Crippen molar-refractivity contribution in [1.82, 2.24) is 5.32 Å². The maximum absolute atomic E-state index is 12.3. The van der Waals surface area contributed by atoms with E-state index in [4.69, 9.17) is 0 Å².